The van der Waals surface area contributed by atoms with Crippen LogP contribution in [-0.2, 0) is 11.2 Å². The molecule has 0 spiro atoms. The van der Waals surface area contributed by atoms with Gasteiger partial charge in [0.25, 0.3) is 0 Å². The number of nitrogens with one attached hydrogen (secondary N) is 2. The molecule has 3 nitrogen and oxygen atoms in total. The number of amides is 1. The lowest BCUT2D eigenvalue weighted by atomic mass is 10.1. The summed E-state index contributed by atoms with van der Waals surface area (Å²) in [6.45, 7) is 3.02. The smallest absolute Gasteiger partial charge is 0.224 e. The van der Waals surface area contributed by atoms with E-state index in [1.807, 2.05) is 25.2 Å². The van der Waals surface area contributed by atoms with Gasteiger partial charge < -0.3 is 10.6 Å². The van der Waals surface area contributed by atoms with E-state index in [0.717, 1.165) is 31.5 Å². The van der Waals surface area contributed by atoms with Crippen molar-refractivity contribution in [2.75, 3.05) is 18.9 Å². The number of rotatable bonds is 7. The lowest BCUT2D eigenvalue weighted by Gasteiger charge is -2.10. The third-order valence-corrected chi connectivity index (χ3v) is 2.64. The van der Waals surface area contributed by atoms with Crippen LogP contribution in [0.4, 0.5) is 5.69 Å². The maximum atomic E-state index is 11.7. The van der Waals surface area contributed by atoms with Crippen LogP contribution in [0.3, 0.4) is 0 Å². The first kappa shape index (κ1) is 16.9. The van der Waals surface area contributed by atoms with Crippen LogP contribution in [0.5, 0.6) is 0 Å². The molecule has 0 atom stereocenters. The molecule has 0 saturated heterocycles. The predicted molar refractivity (Wildman–Crippen MR) is 79.5 cm³/mol. The molecule has 0 radical (unpaired) electrons. The van der Waals surface area contributed by atoms with Gasteiger partial charge in [-0.05, 0) is 38.1 Å². The van der Waals surface area contributed by atoms with Crippen LogP contribution in [0.1, 0.15) is 31.7 Å². The van der Waals surface area contributed by atoms with Gasteiger partial charge in [0.05, 0.1) is 0 Å². The average molecular weight is 271 g/mol. The van der Waals surface area contributed by atoms with Gasteiger partial charge in [0.15, 0.2) is 0 Å². The molecule has 4 heteroatoms. The summed E-state index contributed by atoms with van der Waals surface area (Å²) in [5.74, 6) is 0.101. The van der Waals surface area contributed by atoms with E-state index in [0.29, 0.717) is 6.42 Å². The van der Waals surface area contributed by atoms with E-state index >= 15 is 0 Å². The van der Waals surface area contributed by atoms with E-state index in [1.54, 1.807) is 0 Å². The fourth-order valence-electron chi connectivity index (χ4n) is 1.77. The van der Waals surface area contributed by atoms with Crippen molar-refractivity contribution in [3.8, 4) is 0 Å². The van der Waals surface area contributed by atoms with Crippen LogP contribution in [0, 0.1) is 0 Å². The number of para-hydroxylation sites is 1. The molecule has 1 rings (SSSR count). The van der Waals surface area contributed by atoms with Crippen molar-refractivity contribution in [1.29, 1.82) is 0 Å². The molecule has 0 bridgehead atoms. The van der Waals surface area contributed by atoms with Crippen molar-refractivity contribution >= 4 is 24.0 Å². The Morgan fingerprint density at radius 3 is 2.67 bits per heavy atom. The molecule has 0 heterocycles. The number of anilines is 1. The number of halogens is 1. The van der Waals surface area contributed by atoms with Crippen molar-refractivity contribution in [2.24, 2.45) is 0 Å². The molecule has 1 amide bonds. The summed E-state index contributed by atoms with van der Waals surface area (Å²) in [5, 5.41) is 6.03. The van der Waals surface area contributed by atoms with Gasteiger partial charge in [-0.2, -0.15) is 0 Å². The molecule has 0 aliphatic heterocycles. The van der Waals surface area contributed by atoms with Crippen LogP contribution in [0.25, 0.3) is 0 Å². The lowest BCUT2D eigenvalue weighted by Crippen LogP contribution is -2.16. The maximum Gasteiger partial charge on any atom is 0.224 e. The highest BCUT2D eigenvalue weighted by Gasteiger charge is 2.05. The number of benzene rings is 1. The van der Waals surface area contributed by atoms with E-state index in [4.69, 9.17) is 0 Å². The topological polar surface area (TPSA) is 41.1 Å². The van der Waals surface area contributed by atoms with Crippen LogP contribution >= 0.6 is 12.4 Å². The van der Waals surface area contributed by atoms with E-state index in [-0.39, 0.29) is 18.3 Å². The van der Waals surface area contributed by atoms with Crippen molar-refractivity contribution < 1.29 is 4.79 Å². The van der Waals surface area contributed by atoms with Gasteiger partial charge in [-0.1, -0.05) is 31.5 Å². The van der Waals surface area contributed by atoms with Gasteiger partial charge >= 0.3 is 0 Å². The highest BCUT2D eigenvalue weighted by Crippen LogP contribution is 2.17. The van der Waals surface area contributed by atoms with Gasteiger partial charge in [0.1, 0.15) is 0 Å². The normalized spacial score (nSPS) is 9.67. The Morgan fingerprint density at radius 2 is 2.00 bits per heavy atom. The number of carbonyl (C=O) groups excluding carboxylic acids is 1. The van der Waals surface area contributed by atoms with Gasteiger partial charge in [-0.25, -0.2) is 0 Å². The first-order chi connectivity index (χ1) is 8.27. The van der Waals surface area contributed by atoms with Crippen molar-refractivity contribution in [3.05, 3.63) is 29.8 Å². The average Bonchev–Trinajstić information content (AvgIpc) is 2.32. The van der Waals surface area contributed by atoms with E-state index < -0.39 is 0 Å². The monoisotopic (exact) mass is 270 g/mol. The molecule has 0 aliphatic carbocycles. The highest BCUT2D eigenvalue weighted by atomic mass is 35.5. The van der Waals surface area contributed by atoms with Crippen LogP contribution in [0.15, 0.2) is 24.3 Å². The minimum absolute atomic E-state index is 0. The zero-order valence-corrected chi connectivity index (χ0v) is 12.0. The second-order valence-electron chi connectivity index (χ2n) is 4.16. The number of hydrogen-bond donors (Lipinski definition) is 2. The molecule has 0 saturated carbocycles. The third-order valence-electron chi connectivity index (χ3n) is 2.64. The molecule has 1 aromatic rings. The minimum atomic E-state index is 0. The van der Waals surface area contributed by atoms with E-state index in [1.165, 1.54) is 5.56 Å². The molecule has 18 heavy (non-hydrogen) atoms. The Bertz CT molecular complexity index is 355. The summed E-state index contributed by atoms with van der Waals surface area (Å²) in [6.07, 6.45) is 3.54. The van der Waals surface area contributed by atoms with Gasteiger partial charge in [0, 0.05) is 12.1 Å². The molecule has 1 aromatic carbocycles. The summed E-state index contributed by atoms with van der Waals surface area (Å²) in [4.78, 5) is 11.7. The molecule has 0 aliphatic rings. The summed E-state index contributed by atoms with van der Waals surface area (Å²) in [5.41, 5.74) is 2.18. The minimum Gasteiger partial charge on any atom is -0.326 e. The quantitative estimate of drug-likeness (QED) is 0.748. The molecule has 0 unspecified atom stereocenters. The molecule has 102 valence electrons. The first-order valence-corrected chi connectivity index (χ1v) is 6.30. The molecular weight excluding hydrogens is 248 g/mol. The molecule has 2 N–H and O–H groups in total. The Balaban J connectivity index is 0.00000289. The SMILES string of the molecule is CCCc1ccccc1NC(=O)CCCNC.Cl. The fraction of sp³-hybridized carbons (Fsp3) is 0.500. The van der Waals surface area contributed by atoms with E-state index in [2.05, 4.69) is 23.6 Å². The van der Waals surface area contributed by atoms with Crippen molar-refractivity contribution in [3.63, 3.8) is 0 Å². The number of aryl methyl sites for hydroxylation is 1. The van der Waals surface area contributed by atoms with Crippen LogP contribution < -0.4 is 10.6 Å². The van der Waals surface area contributed by atoms with Gasteiger partial charge in [-0.3, -0.25) is 4.79 Å². The Morgan fingerprint density at radius 1 is 1.28 bits per heavy atom. The Kier molecular flexibility index (Phi) is 9.33. The number of carbonyl (C=O) groups is 1. The van der Waals surface area contributed by atoms with Gasteiger partial charge in [0.2, 0.25) is 5.91 Å². The van der Waals surface area contributed by atoms with Crippen molar-refractivity contribution in [1.82, 2.24) is 5.32 Å². The van der Waals surface area contributed by atoms with Crippen LogP contribution in [0.2, 0.25) is 0 Å². The third kappa shape index (κ3) is 6.03. The zero-order valence-electron chi connectivity index (χ0n) is 11.2. The molecule has 0 fully saturated rings. The summed E-state index contributed by atoms with van der Waals surface area (Å²) >= 11 is 0. The second-order valence-corrected chi connectivity index (χ2v) is 4.16. The predicted octanol–water partition coefficient (Wildman–Crippen LogP) is 3.00. The Labute approximate surface area is 116 Å². The number of hydrogen-bond acceptors (Lipinski definition) is 2. The van der Waals surface area contributed by atoms with Crippen LogP contribution in [-0.4, -0.2) is 19.5 Å². The largest absolute Gasteiger partial charge is 0.326 e. The van der Waals surface area contributed by atoms with Gasteiger partial charge in [-0.15, -0.1) is 12.4 Å². The standard InChI is InChI=1S/C14H22N2O.ClH/c1-3-7-12-8-4-5-9-13(12)16-14(17)10-6-11-15-2;/h4-5,8-9,15H,3,6-7,10-11H2,1-2H3,(H,16,17);1H. The summed E-state index contributed by atoms with van der Waals surface area (Å²) < 4.78 is 0. The summed E-state index contributed by atoms with van der Waals surface area (Å²) in [6, 6.07) is 8.03. The fourth-order valence-corrected chi connectivity index (χ4v) is 1.77. The second kappa shape index (κ2) is 9.92. The highest BCUT2D eigenvalue weighted by molar-refractivity contribution is 5.91. The summed E-state index contributed by atoms with van der Waals surface area (Å²) in [7, 11) is 1.90. The van der Waals surface area contributed by atoms with E-state index in [9.17, 15) is 4.79 Å². The Hall–Kier alpha value is -1.06. The van der Waals surface area contributed by atoms with Crippen molar-refractivity contribution in [2.45, 2.75) is 32.6 Å². The molecule has 0 aromatic heterocycles. The maximum absolute atomic E-state index is 11.7. The zero-order chi connectivity index (χ0) is 12.5. The molecular formula is C14H23ClN2O. The lowest BCUT2D eigenvalue weighted by molar-refractivity contribution is -0.116. The first-order valence-electron chi connectivity index (χ1n) is 6.30.